The first-order valence-corrected chi connectivity index (χ1v) is 15.8. The number of rotatable bonds is 6. The molecule has 3 aromatic rings. The summed E-state index contributed by atoms with van der Waals surface area (Å²) in [4.78, 5) is 28.2. The van der Waals surface area contributed by atoms with Crippen molar-refractivity contribution in [3.05, 3.63) is 59.9 Å². The summed E-state index contributed by atoms with van der Waals surface area (Å²) in [5.74, 6) is 0.196. The fourth-order valence-electron chi connectivity index (χ4n) is 8.55. The molecule has 7 nitrogen and oxygen atoms in total. The van der Waals surface area contributed by atoms with Crippen LogP contribution in [-0.2, 0) is 17.6 Å². The molecule has 43 heavy (non-hydrogen) atoms. The van der Waals surface area contributed by atoms with Gasteiger partial charge in [0.1, 0.15) is 24.1 Å². The first-order valence-electron chi connectivity index (χ1n) is 15.8. The summed E-state index contributed by atoms with van der Waals surface area (Å²) in [7, 11) is 0. The molecule has 4 atom stereocenters. The molecule has 1 aliphatic carbocycles. The number of benzene rings is 2. The molecule has 0 radical (unpaired) electrons. The van der Waals surface area contributed by atoms with Crippen molar-refractivity contribution in [2.24, 2.45) is 0 Å². The zero-order chi connectivity index (χ0) is 29.3. The Labute approximate surface area is 250 Å². The molecule has 9 heteroatoms. The van der Waals surface area contributed by atoms with Crippen LogP contribution in [0.15, 0.2) is 43.0 Å². The van der Waals surface area contributed by atoms with Crippen molar-refractivity contribution in [3.63, 3.8) is 0 Å². The Hall–Kier alpha value is -3.59. The highest BCUT2D eigenvalue weighted by Gasteiger charge is 2.51. The van der Waals surface area contributed by atoms with E-state index in [1.807, 2.05) is 29.2 Å². The van der Waals surface area contributed by atoms with Gasteiger partial charge in [-0.3, -0.25) is 9.69 Å². The summed E-state index contributed by atoms with van der Waals surface area (Å²) in [5.41, 5.74) is 3.87. The summed E-state index contributed by atoms with van der Waals surface area (Å²) in [5, 5.41) is 0.635. The van der Waals surface area contributed by atoms with E-state index in [9.17, 15) is 9.18 Å². The zero-order valence-corrected chi connectivity index (χ0v) is 24.4. The highest BCUT2D eigenvalue weighted by Crippen LogP contribution is 2.43. The molecule has 1 unspecified atom stereocenters. The second-order valence-electron chi connectivity index (χ2n) is 13.0. The summed E-state index contributed by atoms with van der Waals surface area (Å²) in [6.45, 7) is 6.49. The number of halogens is 2. The molecular weight excluding hydrogens is 548 g/mol. The third kappa shape index (κ3) is 4.25. The van der Waals surface area contributed by atoms with Crippen LogP contribution in [0.3, 0.4) is 0 Å². The second-order valence-corrected chi connectivity index (χ2v) is 13.0. The van der Waals surface area contributed by atoms with E-state index in [0.717, 1.165) is 57.1 Å². The van der Waals surface area contributed by atoms with Crippen LogP contribution in [0.5, 0.6) is 6.01 Å². The highest BCUT2D eigenvalue weighted by molar-refractivity contribution is 5.95. The van der Waals surface area contributed by atoms with E-state index in [0.29, 0.717) is 42.8 Å². The minimum atomic E-state index is -0.865. The van der Waals surface area contributed by atoms with Crippen LogP contribution >= 0.6 is 0 Å². The molecule has 5 aliphatic rings. The van der Waals surface area contributed by atoms with E-state index in [2.05, 4.69) is 27.4 Å². The number of ether oxygens (including phenoxy) is 1. The molecule has 5 heterocycles. The minimum absolute atomic E-state index is 0.0614. The number of hydrogen-bond donors (Lipinski definition) is 0. The predicted molar refractivity (Wildman–Crippen MR) is 162 cm³/mol. The van der Waals surface area contributed by atoms with E-state index in [1.54, 1.807) is 0 Å². The molecule has 4 aliphatic heterocycles. The lowest BCUT2D eigenvalue weighted by atomic mass is 9.85. The lowest BCUT2D eigenvalue weighted by molar-refractivity contribution is -0.127. The number of anilines is 1. The third-order valence-corrected chi connectivity index (χ3v) is 10.7. The van der Waals surface area contributed by atoms with Crippen molar-refractivity contribution in [3.8, 4) is 17.1 Å². The average molecular weight is 586 g/mol. The molecule has 0 bridgehead atoms. The van der Waals surface area contributed by atoms with Gasteiger partial charge in [-0.2, -0.15) is 9.97 Å². The summed E-state index contributed by atoms with van der Waals surface area (Å²) in [6.07, 6.45) is 7.84. The van der Waals surface area contributed by atoms with Gasteiger partial charge in [0.15, 0.2) is 5.82 Å². The first kappa shape index (κ1) is 27.0. The standard InChI is InChI=1S/C34H37F2N5O2/c1-2-29(42)40-16-13-27-28(40)19-41(27)32-26-12-11-25(24-10-5-8-21-7-3-4-9-23(21)24)30(36)31(26)37-33(38-32)43-20-34-14-6-15-39(34)18-22(35)17-34/h2,5,8,10-12,22,27-28H,1,3-4,6-7,9,13-20H2/t22-,27?,28-,34+/m1/s1. The second kappa shape index (κ2) is 10.3. The summed E-state index contributed by atoms with van der Waals surface area (Å²) < 4.78 is 37.4. The largest absolute Gasteiger partial charge is 0.461 e. The lowest BCUT2D eigenvalue weighted by Gasteiger charge is -2.47. The van der Waals surface area contributed by atoms with E-state index in [-0.39, 0.29) is 47.5 Å². The topological polar surface area (TPSA) is 61.8 Å². The van der Waals surface area contributed by atoms with E-state index in [1.165, 1.54) is 17.2 Å². The molecule has 4 fully saturated rings. The van der Waals surface area contributed by atoms with E-state index >= 15 is 4.39 Å². The average Bonchev–Trinajstić information content (AvgIpc) is 3.65. The van der Waals surface area contributed by atoms with Gasteiger partial charge in [0.05, 0.1) is 17.6 Å². The van der Waals surface area contributed by atoms with Crippen molar-refractivity contribution in [1.29, 1.82) is 0 Å². The van der Waals surface area contributed by atoms with Gasteiger partial charge >= 0.3 is 6.01 Å². The molecule has 1 aromatic heterocycles. The van der Waals surface area contributed by atoms with Crippen molar-refractivity contribution in [2.75, 3.05) is 37.7 Å². The molecule has 2 aromatic carbocycles. The lowest BCUT2D eigenvalue weighted by Crippen LogP contribution is -2.63. The molecule has 0 saturated carbocycles. The Balaban J connectivity index is 1.20. The fourth-order valence-corrected chi connectivity index (χ4v) is 8.55. The Morgan fingerprint density at radius 3 is 2.84 bits per heavy atom. The van der Waals surface area contributed by atoms with Crippen LogP contribution in [0.25, 0.3) is 22.0 Å². The third-order valence-electron chi connectivity index (χ3n) is 10.7. The van der Waals surface area contributed by atoms with Crippen LogP contribution in [-0.4, -0.2) is 82.3 Å². The van der Waals surface area contributed by atoms with Gasteiger partial charge in [-0.15, -0.1) is 0 Å². The number of carbonyl (C=O) groups excluding carboxylic acids is 1. The Morgan fingerprint density at radius 2 is 1.95 bits per heavy atom. The number of alkyl halides is 1. The Kier molecular flexibility index (Phi) is 6.44. The number of nitrogens with zero attached hydrogens (tertiary/aromatic N) is 5. The van der Waals surface area contributed by atoms with Gasteiger partial charge in [0.25, 0.3) is 0 Å². The number of fused-ring (bicyclic) bond motifs is 4. The monoisotopic (exact) mass is 585 g/mol. The molecule has 8 rings (SSSR count). The smallest absolute Gasteiger partial charge is 0.319 e. The van der Waals surface area contributed by atoms with Gasteiger partial charge < -0.3 is 14.5 Å². The number of carbonyl (C=O) groups is 1. The van der Waals surface area contributed by atoms with Crippen molar-refractivity contribution >= 4 is 22.6 Å². The number of likely N-dealkylation sites (tertiary alicyclic amines) is 1. The number of hydrogen-bond acceptors (Lipinski definition) is 6. The number of aryl methyl sites for hydroxylation is 1. The van der Waals surface area contributed by atoms with Gasteiger partial charge in [-0.1, -0.05) is 30.8 Å². The summed E-state index contributed by atoms with van der Waals surface area (Å²) in [6, 6.07) is 10.3. The molecular formula is C34H37F2N5O2. The number of amides is 1. The normalized spacial score (nSPS) is 28.0. The Morgan fingerprint density at radius 1 is 1.07 bits per heavy atom. The van der Waals surface area contributed by atoms with Crippen LogP contribution in [0.4, 0.5) is 14.6 Å². The first-order chi connectivity index (χ1) is 21.0. The van der Waals surface area contributed by atoms with Crippen molar-refractivity contribution in [1.82, 2.24) is 19.8 Å². The SMILES string of the molecule is C=CC(=O)N1CCC2[C@H]1CN2c1nc(OC[C@@]23CCCN2C[C@H](F)C3)nc2c(F)c(-c3cccc4c3CCCC4)ccc12. The number of aromatic nitrogens is 2. The van der Waals surface area contributed by atoms with E-state index in [4.69, 9.17) is 9.72 Å². The van der Waals surface area contributed by atoms with Crippen LogP contribution in [0.2, 0.25) is 0 Å². The predicted octanol–water partition coefficient (Wildman–Crippen LogP) is 5.25. The maximum atomic E-state index is 16.7. The fraction of sp³-hybridized carbons (Fsp3) is 0.500. The molecule has 0 spiro atoms. The van der Waals surface area contributed by atoms with Crippen molar-refractivity contribution < 1.29 is 18.3 Å². The zero-order valence-electron chi connectivity index (χ0n) is 24.4. The highest BCUT2D eigenvalue weighted by atomic mass is 19.1. The van der Waals surface area contributed by atoms with Crippen LogP contribution < -0.4 is 9.64 Å². The Bertz CT molecular complexity index is 1630. The molecule has 1 amide bonds. The van der Waals surface area contributed by atoms with Gasteiger partial charge in [-0.05, 0) is 80.3 Å². The van der Waals surface area contributed by atoms with E-state index < -0.39 is 6.17 Å². The quantitative estimate of drug-likeness (QED) is 0.369. The maximum absolute atomic E-state index is 16.7. The van der Waals surface area contributed by atoms with Crippen LogP contribution in [0.1, 0.15) is 49.7 Å². The summed E-state index contributed by atoms with van der Waals surface area (Å²) >= 11 is 0. The maximum Gasteiger partial charge on any atom is 0.319 e. The van der Waals surface area contributed by atoms with Gasteiger partial charge in [0, 0.05) is 37.0 Å². The molecule has 0 N–H and O–H groups in total. The molecule has 4 saturated heterocycles. The van der Waals surface area contributed by atoms with Crippen LogP contribution in [0, 0.1) is 5.82 Å². The van der Waals surface area contributed by atoms with Gasteiger partial charge in [0.2, 0.25) is 5.91 Å². The minimum Gasteiger partial charge on any atom is -0.461 e. The van der Waals surface area contributed by atoms with Gasteiger partial charge in [-0.25, -0.2) is 8.78 Å². The van der Waals surface area contributed by atoms with Crippen molar-refractivity contribution in [2.45, 2.75) is 75.2 Å². The molecule has 224 valence electrons.